The van der Waals surface area contributed by atoms with Crippen LogP contribution < -0.4 is 10.6 Å². The highest BCUT2D eigenvalue weighted by Gasteiger charge is 2.08. The second kappa shape index (κ2) is 6.65. The molecule has 0 bridgehead atoms. The highest BCUT2D eigenvalue weighted by atomic mass is 35.5. The van der Waals surface area contributed by atoms with Crippen LogP contribution in [0, 0.1) is 20.8 Å². The highest BCUT2D eigenvalue weighted by molar-refractivity contribution is 7.80. The average molecular weight is 339 g/mol. The molecule has 0 fully saturated rings. The number of hydrogen-bond acceptors (Lipinski definition) is 1. The molecule has 110 valence electrons. The maximum atomic E-state index is 6.27. The molecule has 2 aromatic rings. The second-order valence-electron chi connectivity index (χ2n) is 4.98. The first kappa shape index (κ1) is 16.1. The Balaban J connectivity index is 2.17. The van der Waals surface area contributed by atoms with Gasteiger partial charge in [0, 0.05) is 10.7 Å². The number of aryl methyl sites for hydroxylation is 3. The van der Waals surface area contributed by atoms with E-state index in [0.717, 1.165) is 28.1 Å². The van der Waals surface area contributed by atoms with E-state index in [9.17, 15) is 0 Å². The van der Waals surface area contributed by atoms with E-state index < -0.39 is 0 Å². The Labute approximate surface area is 140 Å². The Bertz CT molecular complexity index is 676. The van der Waals surface area contributed by atoms with Crippen LogP contribution in [0.1, 0.15) is 16.7 Å². The van der Waals surface area contributed by atoms with Crippen molar-refractivity contribution in [3.05, 3.63) is 57.1 Å². The lowest BCUT2D eigenvalue weighted by atomic mass is 10.1. The monoisotopic (exact) mass is 338 g/mol. The minimum Gasteiger partial charge on any atom is -0.332 e. The van der Waals surface area contributed by atoms with E-state index in [1.807, 2.05) is 45.0 Å². The molecule has 0 amide bonds. The summed E-state index contributed by atoms with van der Waals surface area (Å²) in [5.74, 6) is 0. The molecule has 2 nitrogen and oxygen atoms in total. The lowest BCUT2D eigenvalue weighted by Crippen LogP contribution is -2.20. The molecule has 0 aromatic heterocycles. The van der Waals surface area contributed by atoms with Crippen LogP contribution in [0.3, 0.4) is 0 Å². The van der Waals surface area contributed by atoms with E-state index in [0.29, 0.717) is 15.2 Å². The molecule has 2 rings (SSSR count). The Hall–Kier alpha value is -1.29. The Morgan fingerprint density at radius 3 is 2.33 bits per heavy atom. The molecule has 0 radical (unpaired) electrons. The molecular formula is C16H16Cl2N2S. The van der Waals surface area contributed by atoms with Crippen LogP contribution in [0.25, 0.3) is 0 Å². The predicted molar refractivity (Wildman–Crippen MR) is 97.0 cm³/mol. The first-order chi connectivity index (χ1) is 9.86. The van der Waals surface area contributed by atoms with Crippen molar-refractivity contribution in [1.82, 2.24) is 0 Å². The second-order valence-corrected chi connectivity index (χ2v) is 6.23. The zero-order valence-corrected chi connectivity index (χ0v) is 14.4. The Morgan fingerprint density at radius 1 is 0.952 bits per heavy atom. The van der Waals surface area contributed by atoms with Crippen LogP contribution in [-0.2, 0) is 0 Å². The van der Waals surface area contributed by atoms with Gasteiger partial charge in [0.2, 0.25) is 0 Å². The maximum Gasteiger partial charge on any atom is 0.175 e. The largest absolute Gasteiger partial charge is 0.332 e. The number of anilines is 2. The topological polar surface area (TPSA) is 24.1 Å². The number of thiocarbonyl (C=S) groups is 1. The summed E-state index contributed by atoms with van der Waals surface area (Å²) >= 11 is 17.6. The van der Waals surface area contributed by atoms with Gasteiger partial charge >= 0.3 is 0 Å². The van der Waals surface area contributed by atoms with Gasteiger partial charge in [0.15, 0.2) is 5.11 Å². The Kier molecular flexibility index (Phi) is 5.09. The Morgan fingerprint density at radius 2 is 1.67 bits per heavy atom. The van der Waals surface area contributed by atoms with Crippen LogP contribution in [0.5, 0.6) is 0 Å². The number of benzene rings is 2. The summed E-state index contributed by atoms with van der Waals surface area (Å²) in [5, 5.41) is 8.09. The fourth-order valence-corrected chi connectivity index (χ4v) is 2.82. The number of hydrogen-bond donors (Lipinski definition) is 2. The zero-order chi connectivity index (χ0) is 15.6. The molecule has 0 atom stereocenters. The number of nitrogens with one attached hydrogen (secondary N) is 2. The molecule has 21 heavy (non-hydrogen) atoms. The van der Waals surface area contributed by atoms with Gasteiger partial charge in [-0.3, -0.25) is 0 Å². The summed E-state index contributed by atoms with van der Waals surface area (Å²) < 4.78 is 0. The predicted octanol–water partition coefficient (Wildman–Crippen LogP) is 5.73. The minimum absolute atomic E-state index is 0.481. The first-order valence-corrected chi connectivity index (χ1v) is 7.64. The standard InChI is InChI=1S/C16H16Cl2N2S/c1-9-6-11(3)15(13(18)7-9)20-16(21)19-14-8-12(17)5-4-10(14)2/h4-8H,1-3H3,(H2,19,20,21). The molecule has 2 N–H and O–H groups in total. The van der Waals surface area contributed by atoms with Crippen molar-refractivity contribution in [3.63, 3.8) is 0 Å². The molecule has 2 aromatic carbocycles. The molecule has 5 heteroatoms. The van der Waals surface area contributed by atoms with Gasteiger partial charge < -0.3 is 10.6 Å². The fraction of sp³-hybridized carbons (Fsp3) is 0.188. The van der Waals surface area contributed by atoms with E-state index in [4.69, 9.17) is 35.4 Å². The number of halogens is 2. The quantitative estimate of drug-likeness (QED) is 0.684. The highest BCUT2D eigenvalue weighted by Crippen LogP contribution is 2.28. The summed E-state index contributed by atoms with van der Waals surface area (Å²) in [7, 11) is 0. The van der Waals surface area contributed by atoms with E-state index in [2.05, 4.69) is 16.7 Å². The van der Waals surface area contributed by atoms with Crippen LogP contribution in [0.2, 0.25) is 10.0 Å². The van der Waals surface area contributed by atoms with Crippen molar-refractivity contribution >= 4 is 51.9 Å². The minimum atomic E-state index is 0.481. The molecule has 0 aliphatic heterocycles. The molecule has 0 aliphatic carbocycles. The molecule has 0 spiro atoms. The van der Waals surface area contributed by atoms with Crippen molar-refractivity contribution in [2.75, 3.05) is 10.6 Å². The van der Waals surface area contributed by atoms with Gasteiger partial charge in [-0.15, -0.1) is 0 Å². The van der Waals surface area contributed by atoms with Gasteiger partial charge in [-0.2, -0.15) is 0 Å². The maximum absolute atomic E-state index is 6.27. The van der Waals surface area contributed by atoms with Crippen LogP contribution in [0.15, 0.2) is 30.3 Å². The van der Waals surface area contributed by atoms with E-state index in [1.54, 1.807) is 0 Å². The van der Waals surface area contributed by atoms with E-state index in [-0.39, 0.29) is 0 Å². The third kappa shape index (κ3) is 4.10. The summed E-state index contributed by atoms with van der Waals surface area (Å²) in [4.78, 5) is 0. The van der Waals surface area contributed by atoms with Crippen LogP contribution >= 0.6 is 35.4 Å². The van der Waals surface area contributed by atoms with Crippen molar-refractivity contribution in [3.8, 4) is 0 Å². The molecule has 0 aliphatic rings. The lowest BCUT2D eigenvalue weighted by molar-refractivity contribution is 1.38. The normalized spacial score (nSPS) is 10.3. The first-order valence-electron chi connectivity index (χ1n) is 6.47. The van der Waals surface area contributed by atoms with Crippen molar-refractivity contribution in [2.24, 2.45) is 0 Å². The third-order valence-electron chi connectivity index (χ3n) is 3.12. The number of rotatable bonds is 2. The van der Waals surface area contributed by atoms with Gasteiger partial charge in [-0.05, 0) is 67.9 Å². The van der Waals surface area contributed by atoms with Crippen LogP contribution in [0.4, 0.5) is 11.4 Å². The SMILES string of the molecule is Cc1cc(C)c(NC(=S)Nc2cc(Cl)ccc2C)c(Cl)c1. The summed E-state index contributed by atoms with van der Waals surface area (Å²) in [6.45, 7) is 5.99. The lowest BCUT2D eigenvalue weighted by Gasteiger charge is -2.16. The summed E-state index contributed by atoms with van der Waals surface area (Å²) in [6.07, 6.45) is 0. The summed E-state index contributed by atoms with van der Waals surface area (Å²) in [6, 6.07) is 9.59. The smallest absolute Gasteiger partial charge is 0.175 e. The zero-order valence-electron chi connectivity index (χ0n) is 12.1. The van der Waals surface area contributed by atoms with Crippen LogP contribution in [-0.4, -0.2) is 5.11 Å². The van der Waals surface area contributed by atoms with Crippen molar-refractivity contribution in [1.29, 1.82) is 0 Å². The van der Waals surface area contributed by atoms with Gasteiger partial charge in [-0.1, -0.05) is 35.3 Å². The van der Waals surface area contributed by atoms with Crippen molar-refractivity contribution in [2.45, 2.75) is 20.8 Å². The van der Waals surface area contributed by atoms with Gasteiger partial charge in [-0.25, -0.2) is 0 Å². The molecule has 0 saturated heterocycles. The molecular weight excluding hydrogens is 323 g/mol. The average Bonchev–Trinajstić information content (AvgIpc) is 2.38. The molecule has 0 saturated carbocycles. The molecule has 0 heterocycles. The summed E-state index contributed by atoms with van der Waals surface area (Å²) in [5.41, 5.74) is 4.93. The van der Waals surface area contributed by atoms with E-state index in [1.165, 1.54) is 0 Å². The third-order valence-corrected chi connectivity index (χ3v) is 3.86. The van der Waals surface area contributed by atoms with Gasteiger partial charge in [0.1, 0.15) is 0 Å². The van der Waals surface area contributed by atoms with Crippen molar-refractivity contribution < 1.29 is 0 Å². The van der Waals surface area contributed by atoms with Gasteiger partial charge in [0.05, 0.1) is 10.7 Å². The molecule has 0 unspecified atom stereocenters. The van der Waals surface area contributed by atoms with E-state index >= 15 is 0 Å². The van der Waals surface area contributed by atoms with Gasteiger partial charge in [0.25, 0.3) is 0 Å². The fourth-order valence-electron chi connectivity index (χ4n) is 2.07.